The van der Waals surface area contributed by atoms with Gasteiger partial charge in [-0.15, -0.1) is 0 Å². The van der Waals surface area contributed by atoms with E-state index in [9.17, 15) is 13.6 Å². The van der Waals surface area contributed by atoms with Crippen LogP contribution in [-0.4, -0.2) is 12.6 Å². The predicted molar refractivity (Wildman–Crippen MR) is 57.7 cm³/mol. The van der Waals surface area contributed by atoms with Crippen molar-refractivity contribution in [2.45, 2.75) is 6.92 Å². The topological polar surface area (TPSA) is 26.3 Å². The molecule has 0 N–H and O–H groups in total. The molecule has 15 heavy (non-hydrogen) atoms. The van der Waals surface area contributed by atoms with Crippen molar-refractivity contribution in [3.8, 4) is 0 Å². The highest BCUT2D eigenvalue weighted by Gasteiger charge is 2.22. The lowest BCUT2D eigenvalue weighted by Crippen LogP contribution is -2.10. The minimum atomic E-state index is -1.23. The second kappa shape index (κ2) is 5.03. The molecule has 0 saturated carbocycles. The van der Waals surface area contributed by atoms with E-state index in [1.807, 2.05) is 0 Å². The summed E-state index contributed by atoms with van der Waals surface area (Å²) in [5.74, 6) is -3.23. The summed E-state index contributed by atoms with van der Waals surface area (Å²) in [4.78, 5) is 11.3. The van der Waals surface area contributed by atoms with Crippen molar-refractivity contribution >= 4 is 37.8 Å². The van der Waals surface area contributed by atoms with Crippen molar-refractivity contribution in [2.75, 3.05) is 6.61 Å². The van der Waals surface area contributed by atoms with E-state index in [2.05, 4.69) is 36.6 Å². The van der Waals surface area contributed by atoms with Gasteiger partial charge in [0.15, 0.2) is 11.6 Å². The maximum atomic E-state index is 13.4. The largest absolute Gasteiger partial charge is 0.462 e. The molecule has 0 bridgehead atoms. The van der Waals surface area contributed by atoms with Crippen LogP contribution in [0.1, 0.15) is 17.3 Å². The summed E-state index contributed by atoms with van der Waals surface area (Å²) in [5, 5.41) is 0. The Hall–Kier alpha value is -0.490. The Balaban J connectivity index is 3.29. The van der Waals surface area contributed by atoms with E-state index in [4.69, 9.17) is 0 Å². The molecule has 0 amide bonds. The zero-order valence-corrected chi connectivity index (χ0v) is 10.8. The number of ether oxygens (including phenoxy) is 1. The molecule has 0 aliphatic carbocycles. The first-order chi connectivity index (χ1) is 6.99. The lowest BCUT2D eigenvalue weighted by atomic mass is 10.2. The minimum Gasteiger partial charge on any atom is -0.462 e. The molecule has 0 aliphatic heterocycles. The standard InChI is InChI=1S/C9H6Br2F2O2/c1-2-15-9(14)6-4(10)3-5(11)7(12)8(6)13/h3H,2H2,1H3. The zero-order chi connectivity index (χ0) is 11.6. The van der Waals surface area contributed by atoms with Gasteiger partial charge in [0, 0.05) is 4.47 Å². The van der Waals surface area contributed by atoms with Gasteiger partial charge in [-0.3, -0.25) is 0 Å². The molecule has 0 saturated heterocycles. The van der Waals surface area contributed by atoms with Crippen molar-refractivity contribution < 1.29 is 18.3 Å². The van der Waals surface area contributed by atoms with E-state index in [0.717, 1.165) is 0 Å². The van der Waals surface area contributed by atoms with Gasteiger partial charge >= 0.3 is 5.97 Å². The second-order valence-corrected chi connectivity index (χ2v) is 4.27. The third-order valence-electron chi connectivity index (χ3n) is 1.59. The molecule has 0 fully saturated rings. The summed E-state index contributed by atoms with van der Waals surface area (Å²) in [6.07, 6.45) is 0. The van der Waals surface area contributed by atoms with Crippen LogP contribution < -0.4 is 0 Å². The normalized spacial score (nSPS) is 10.2. The van der Waals surface area contributed by atoms with Crippen molar-refractivity contribution in [1.82, 2.24) is 0 Å². The fourth-order valence-corrected chi connectivity index (χ4v) is 2.23. The van der Waals surface area contributed by atoms with Crippen LogP contribution in [0.5, 0.6) is 0 Å². The predicted octanol–water partition coefficient (Wildman–Crippen LogP) is 3.67. The first kappa shape index (κ1) is 12.6. The number of hydrogen-bond acceptors (Lipinski definition) is 2. The Bertz CT molecular complexity index is 408. The van der Waals surface area contributed by atoms with Gasteiger partial charge in [-0.25, -0.2) is 13.6 Å². The molecule has 1 aromatic rings. The average Bonchev–Trinajstić information content (AvgIpc) is 2.15. The van der Waals surface area contributed by atoms with Crippen LogP contribution >= 0.6 is 31.9 Å². The van der Waals surface area contributed by atoms with Crippen molar-refractivity contribution in [3.63, 3.8) is 0 Å². The Morgan fingerprint density at radius 1 is 1.33 bits per heavy atom. The highest BCUT2D eigenvalue weighted by molar-refractivity contribution is 9.11. The number of hydrogen-bond donors (Lipinski definition) is 0. The molecule has 0 atom stereocenters. The lowest BCUT2D eigenvalue weighted by Gasteiger charge is -2.07. The van der Waals surface area contributed by atoms with Crippen LogP contribution in [-0.2, 0) is 4.74 Å². The number of esters is 1. The van der Waals surface area contributed by atoms with Gasteiger partial charge in [-0.1, -0.05) is 0 Å². The summed E-state index contributed by atoms with van der Waals surface area (Å²) in [5.41, 5.74) is -0.433. The summed E-state index contributed by atoms with van der Waals surface area (Å²) in [6, 6.07) is 1.25. The second-order valence-electron chi connectivity index (χ2n) is 2.56. The van der Waals surface area contributed by atoms with E-state index in [-0.39, 0.29) is 15.6 Å². The van der Waals surface area contributed by atoms with Gasteiger partial charge in [0.1, 0.15) is 5.56 Å². The molecule has 0 unspecified atom stereocenters. The van der Waals surface area contributed by atoms with Crippen LogP contribution in [0.2, 0.25) is 0 Å². The SMILES string of the molecule is CCOC(=O)c1c(Br)cc(Br)c(F)c1F. The fraction of sp³-hybridized carbons (Fsp3) is 0.222. The Morgan fingerprint density at radius 3 is 2.47 bits per heavy atom. The van der Waals surface area contributed by atoms with Gasteiger partial charge in [-0.05, 0) is 44.8 Å². The molecular weight excluding hydrogens is 338 g/mol. The number of carbonyl (C=O) groups excluding carboxylic acids is 1. The quantitative estimate of drug-likeness (QED) is 0.465. The van der Waals surface area contributed by atoms with Gasteiger partial charge in [0.25, 0.3) is 0 Å². The Kier molecular flexibility index (Phi) is 4.21. The van der Waals surface area contributed by atoms with E-state index < -0.39 is 23.2 Å². The number of benzene rings is 1. The molecule has 0 heterocycles. The van der Waals surface area contributed by atoms with E-state index in [1.54, 1.807) is 6.92 Å². The maximum Gasteiger partial charge on any atom is 0.342 e. The summed E-state index contributed by atoms with van der Waals surface area (Å²) in [7, 11) is 0. The van der Waals surface area contributed by atoms with Crippen molar-refractivity contribution in [3.05, 3.63) is 32.2 Å². The van der Waals surface area contributed by atoms with E-state index in [0.29, 0.717) is 0 Å². The van der Waals surface area contributed by atoms with Crippen LogP contribution in [0.4, 0.5) is 8.78 Å². The minimum absolute atomic E-state index is 0.0556. The Morgan fingerprint density at radius 2 is 1.93 bits per heavy atom. The molecule has 2 nitrogen and oxygen atoms in total. The molecule has 0 aliphatic rings. The van der Waals surface area contributed by atoms with Crippen LogP contribution in [0.15, 0.2) is 15.0 Å². The Labute approximate surface area is 102 Å². The number of carbonyl (C=O) groups is 1. The van der Waals surface area contributed by atoms with Gasteiger partial charge < -0.3 is 4.74 Å². The van der Waals surface area contributed by atoms with Crippen molar-refractivity contribution in [1.29, 1.82) is 0 Å². The van der Waals surface area contributed by atoms with E-state index in [1.165, 1.54) is 6.07 Å². The smallest absolute Gasteiger partial charge is 0.342 e. The molecule has 0 aromatic heterocycles. The zero-order valence-electron chi connectivity index (χ0n) is 7.61. The van der Waals surface area contributed by atoms with E-state index >= 15 is 0 Å². The third-order valence-corrected chi connectivity index (χ3v) is 2.80. The van der Waals surface area contributed by atoms with Crippen molar-refractivity contribution in [2.24, 2.45) is 0 Å². The maximum absolute atomic E-state index is 13.4. The summed E-state index contributed by atoms with van der Waals surface area (Å²) < 4.78 is 31.2. The first-order valence-electron chi connectivity index (χ1n) is 3.99. The van der Waals surface area contributed by atoms with Gasteiger partial charge in [0.2, 0.25) is 0 Å². The summed E-state index contributed by atoms with van der Waals surface area (Å²) in [6.45, 7) is 1.68. The first-order valence-corrected chi connectivity index (χ1v) is 5.57. The molecule has 0 radical (unpaired) electrons. The average molecular weight is 344 g/mol. The highest BCUT2D eigenvalue weighted by Crippen LogP contribution is 2.29. The molecule has 0 spiro atoms. The monoisotopic (exact) mass is 342 g/mol. The van der Waals surface area contributed by atoms with Crippen LogP contribution in [0, 0.1) is 11.6 Å². The highest BCUT2D eigenvalue weighted by atomic mass is 79.9. The molecular formula is C9H6Br2F2O2. The molecule has 1 aromatic carbocycles. The van der Waals surface area contributed by atoms with Crippen LogP contribution in [0.25, 0.3) is 0 Å². The third kappa shape index (κ3) is 2.55. The van der Waals surface area contributed by atoms with Crippen LogP contribution in [0.3, 0.4) is 0 Å². The summed E-state index contributed by atoms with van der Waals surface area (Å²) >= 11 is 5.79. The van der Waals surface area contributed by atoms with Gasteiger partial charge in [-0.2, -0.15) is 0 Å². The molecule has 1 rings (SSSR count). The fourth-order valence-electron chi connectivity index (χ4n) is 0.957. The molecule has 6 heteroatoms. The molecule has 82 valence electrons. The number of halogens is 4. The lowest BCUT2D eigenvalue weighted by molar-refractivity contribution is 0.0518. The number of rotatable bonds is 2. The van der Waals surface area contributed by atoms with Gasteiger partial charge in [0.05, 0.1) is 11.1 Å².